The molecule has 182 valence electrons. The molecule has 2 aromatic carbocycles. The largest absolute Gasteiger partial charge is 0.391 e. The number of rotatable bonds is 2. The van der Waals surface area contributed by atoms with E-state index in [-0.39, 0.29) is 18.1 Å². The van der Waals surface area contributed by atoms with Gasteiger partial charge in [-0.1, -0.05) is 99.9 Å². The predicted molar refractivity (Wildman–Crippen MR) is 143 cm³/mol. The first-order chi connectivity index (χ1) is 16.8. The number of benzene rings is 2. The minimum absolute atomic E-state index is 0.143. The van der Waals surface area contributed by atoms with Crippen LogP contribution in [0.15, 0.2) is 54.6 Å². The fourth-order valence-corrected chi connectivity index (χ4v) is 6.54. The molecule has 0 radical (unpaired) electrons. The lowest BCUT2D eigenvalue weighted by Gasteiger charge is -2.30. The van der Waals surface area contributed by atoms with Crippen molar-refractivity contribution in [2.75, 3.05) is 6.54 Å². The number of hydrogen-bond donors (Lipinski definition) is 3. The van der Waals surface area contributed by atoms with Crippen LogP contribution in [-0.2, 0) is 0 Å². The Labute approximate surface area is 205 Å². The normalized spacial score (nSPS) is 27.7. The van der Waals surface area contributed by atoms with E-state index in [9.17, 15) is 5.11 Å². The molecular formula is C31H42N2O. The van der Waals surface area contributed by atoms with E-state index >= 15 is 0 Å². The maximum absolute atomic E-state index is 11.9. The summed E-state index contributed by atoms with van der Waals surface area (Å²) in [6.45, 7) is 1.03. The van der Waals surface area contributed by atoms with E-state index in [0.717, 1.165) is 19.4 Å². The van der Waals surface area contributed by atoms with Crippen molar-refractivity contribution in [3.05, 3.63) is 60.2 Å². The second kappa shape index (κ2) is 11.6. The zero-order chi connectivity index (χ0) is 23.2. The number of nitrogens with one attached hydrogen (secondary N) is 2. The third-order valence-corrected chi connectivity index (χ3v) is 8.42. The van der Waals surface area contributed by atoms with Gasteiger partial charge in [-0.05, 0) is 55.3 Å². The second-order valence-electron chi connectivity index (χ2n) is 10.8. The highest BCUT2D eigenvalue weighted by Crippen LogP contribution is 2.44. The quantitative estimate of drug-likeness (QED) is 0.371. The van der Waals surface area contributed by atoms with Crippen LogP contribution in [-0.4, -0.2) is 28.8 Å². The molecule has 3 aromatic rings. The number of H-pyrrole nitrogens is 1. The monoisotopic (exact) mass is 458 g/mol. The number of fused-ring (bicyclic) bond motifs is 4. The molecule has 4 atom stereocenters. The van der Waals surface area contributed by atoms with Crippen LogP contribution < -0.4 is 5.32 Å². The molecule has 0 spiro atoms. The van der Waals surface area contributed by atoms with Crippen LogP contribution in [0.4, 0.5) is 0 Å². The van der Waals surface area contributed by atoms with Crippen molar-refractivity contribution < 1.29 is 5.11 Å². The van der Waals surface area contributed by atoms with Crippen LogP contribution in [0.25, 0.3) is 22.2 Å². The van der Waals surface area contributed by atoms with Gasteiger partial charge >= 0.3 is 0 Å². The Balaban J connectivity index is 1.52. The van der Waals surface area contributed by atoms with Crippen molar-refractivity contribution in [2.24, 2.45) is 5.92 Å². The minimum Gasteiger partial charge on any atom is -0.391 e. The Hall–Kier alpha value is -2.10. The average Bonchev–Trinajstić information content (AvgIpc) is 3.18. The molecule has 5 rings (SSSR count). The van der Waals surface area contributed by atoms with Crippen LogP contribution in [0.5, 0.6) is 0 Å². The van der Waals surface area contributed by atoms with Gasteiger partial charge in [0.1, 0.15) is 0 Å². The number of para-hydroxylation sites is 1. The molecule has 1 saturated heterocycles. The van der Waals surface area contributed by atoms with Gasteiger partial charge in [-0.2, -0.15) is 0 Å². The Morgan fingerprint density at radius 1 is 0.706 bits per heavy atom. The zero-order valence-corrected chi connectivity index (χ0v) is 20.6. The van der Waals surface area contributed by atoms with Crippen LogP contribution in [0.1, 0.15) is 88.5 Å². The molecule has 2 bridgehead atoms. The molecule has 3 N–H and O–H groups in total. The van der Waals surface area contributed by atoms with Crippen LogP contribution in [0.2, 0.25) is 0 Å². The lowest BCUT2D eigenvalue weighted by atomic mass is 9.81. The molecule has 3 heteroatoms. The van der Waals surface area contributed by atoms with Crippen molar-refractivity contribution in [3.63, 3.8) is 0 Å². The highest BCUT2D eigenvalue weighted by molar-refractivity contribution is 5.91. The number of aromatic nitrogens is 1. The van der Waals surface area contributed by atoms with Gasteiger partial charge in [-0.15, -0.1) is 0 Å². The molecule has 2 aliphatic rings. The first-order valence-electron chi connectivity index (χ1n) is 13.9. The SMILES string of the molecule is OC1C2CCC(CCCCCCCCCCN2)CC1c1c(-c2ccccc2)[nH]c2ccccc12. The van der Waals surface area contributed by atoms with Crippen molar-refractivity contribution in [2.45, 2.75) is 95.1 Å². The van der Waals surface area contributed by atoms with Gasteiger partial charge in [0.05, 0.1) is 11.8 Å². The van der Waals surface area contributed by atoms with Gasteiger partial charge in [0.15, 0.2) is 0 Å². The van der Waals surface area contributed by atoms with Crippen LogP contribution in [0.3, 0.4) is 0 Å². The number of hydrogen-bond acceptors (Lipinski definition) is 2. The van der Waals surface area contributed by atoms with Crippen LogP contribution in [0, 0.1) is 5.92 Å². The smallest absolute Gasteiger partial charge is 0.0762 e. The lowest BCUT2D eigenvalue weighted by Crippen LogP contribution is -2.42. The van der Waals surface area contributed by atoms with E-state index < -0.39 is 0 Å². The highest BCUT2D eigenvalue weighted by Gasteiger charge is 2.37. The molecule has 2 heterocycles. The Kier molecular flexibility index (Phi) is 8.03. The molecule has 1 aromatic heterocycles. The van der Waals surface area contributed by atoms with Gasteiger partial charge in [0.2, 0.25) is 0 Å². The number of aliphatic hydroxyl groups is 1. The summed E-state index contributed by atoms with van der Waals surface area (Å²) in [7, 11) is 0. The highest BCUT2D eigenvalue weighted by atomic mass is 16.3. The molecule has 0 amide bonds. The Bertz CT molecular complexity index is 1030. The summed E-state index contributed by atoms with van der Waals surface area (Å²) in [6, 6.07) is 19.6. The second-order valence-corrected chi connectivity index (χ2v) is 10.8. The predicted octanol–water partition coefficient (Wildman–Crippen LogP) is 7.56. The molecule has 1 saturated carbocycles. The van der Waals surface area contributed by atoms with Gasteiger partial charge in [0, 0.05) is 22.9 Å². The van der Waals surface area contributed by atoms with Crippen LogP contribution >= 0.6 is 0 Å². The third-order valence-electron chi connectivity index (χ3n) is 8.42. The number of aromatic amines is 1. The summed E-state index contributed by atoms with van der Waals surface area (Å²) >= 11 is 0. The fraction of sp³-hybridized carbons (Fsp3) is 0.548. The van der Waals surface area contributed by atoms with Gasteiger partial charge in [-0.3, -0.25) is 0 Å². The fourth-order valence-electron chi connectivity index (χ4n) is 6.54. The summed E-state index contributed by atoms with van der Waals surface area (Å²) in [5.74, 6) is 0.832. The van der Waals surface area contributed by atoms with Crippen molar-refractivity contribution in [1.82, 2.24) is 10.3 Å². The molecule has 34 heavy (non-hydrogen) atoms. The van der Waals surface area contributed by atoms with E-state index in [0.29, 0.717) is 5.92 Å². The van der Waals surface area contributed by atoms with Gasteiger partial charge in [0.25, 0.3) is 0 Å². The molecular weight excluding hydrogens is 416 g/mol. The summed E-state index contributed by atoms with van der Waals surface area (Å²) < 4.78 is 0. The van der Waals surface area contributed by atoms with Crippen molar-refractivity contribution in [3.8, 4) is 11.3 Å². The van der Waals surface area contributed by atoms with Crippen molar-refractivity contribution in [1.29, 1.82) is 0 Å². The standard InChI is InChI=1S/C31H42N2O/c34-31-26(22-23-14-8-5-3-1-2-4-6-13-21-32-28(31)20-19-23)29-25-17-11-12-18-27(25)33-30(29)24-15-9-7-10-16-24/h7,9-12,15-18,23,26,28,31-34H,1-6,8,13-14,19-22H2. The third kappa shape index (κ3) is 5.42. The van der Waals surface area contributed by atoms with E-state index in [4.69, 9.17) is 0 Å². The first-order valence-corrected chi connectivity index (χ1v) is 13.9. The topological polar surface area (TPSA) is 48.0 Å². The molecule has 1 aliphatic heterocycles. The average molecular weight is 459 g/mol. The van der Waals surface area contributed by atoms with Crippen molar-refractivity contribution >= 4 is 10.9 Å². The lowest BCUT2D eigenvalue weighted by molar-refractivity contribution is 0.0995. The van der Waals surface area contributed by atoms with E-state index in [2.05, 4.69) is 64.9 Å². The maximum atomic E-state index is 11.9. The summed E-state index contributed by atoms with van der Waals surface area (Å²) in [5.41, 5.74) is 4.91. The van der Waals surface area contributed by atoms with E-state index in [1.165, 1.54) is 91.9 Å². The van der Waals surface area contributed by atoms with Gasteiger partial charge < -0.3 is 15.4 Å². The first kappa shape index (κ1) is 23.6. The molecule has 2 fully saturated rings. The minimum atomic E-state index is -0.362. The van der Waals surface area contributed by atoms with E-state index in [1.807, 2.05) is 0 Å². The molecule has 3 nitrogen and oxygen atoms in total. The number of aliphatic hydroxyl groups excluding tert-OH is 1. The van der Waals surface area contributed by atoms with E-state index in [1.54, 1.807) is 0 Å². The molecule has 4 unspecified atom stereocenters. The summed E-state index contributed by atoms with van der Waals surface area (Å²) in [6.07, 6.45) is 15.1. The summed E-state index contributed by atoms with van der Waals surface area (Å²) in [5, 5.41) is 17.0. The van der Waals surface area contributed by atoms with Gasteiger partial charge in [-0.25, -0.2) is 0 Å². The Morgan fingerprint density at radius 2 is 1.41 bits per heavy atom. The zero-order valence-electron chi connectivity index (χ0n) is 20.6. The maximum Gasteiger partial charge on any atom is 0.0762 e. The molecule has 1 aliphatic carbocycles. The summed E-state index contributed by atoms with van der Waals surface area (Å²) in [4.78, 5) is 3.74. The Morgan fingerprint density at radius 3 is 2.24 bits per heavy atom.